The molecule has 0 spiro atoms. The Balaban J connectivity index is 2.19. The molecular weight excluding hydrogens is 234 g/mol. The average Bonchev–Trinajstić information content (AvgIpc) is 2.47. The van der Waals surface area contributed by atoms with E-state index in [9.17, 15) is 0 Å². The summed E-state index contributed by atoms with van der Waals surface area (Å²) in [7, 11) is 0. The van der Waals surface area contributed by atoms with Gasteiger partial charge < -0.3 is 10.5 Å². The van der Waals surface area contributed by atoms with E-state index in [4.69, 9.17) is 10.5 Å². The number of aryl methyl sites for hydroxylation is 1. The maximum absolute atomic E-state index is 6.11. The van der Waals surface area contributed by atoms with Crippen molar-refractivity contribution in [2.75, 3.05) is 6.54 Å². The first-order valence-corrected chi connectivity index (χ1v) is 6.84. The van der Waals surface area contributed by atoms with E-state index in [1.165, 1.54) is 5.56 Å². The molecule has 2 aromatic carbocycles. The highest BCUT2D eigenvalue weighted by Crippen LogP contribution is 2.25. The highest BCUT2D eigenvalue weighted by atomic mass is 16.5. The lowest BCUT2D eigenvalue weighted by atomic mass is 10.1. The van der Waals surface area contributed by atoms with Gasteiger partial charge in [0.05, 0.1) is 0 Å². The Labute approximate surface area is 115 Å². The van der Waals surface area contributed by atoms with E-state index in [-0.39, 0.29) is 6.10 Å². The van der Waals surface area contributed by atoms with Crippen LogP contribution in [0.1, 0.15) is 30.6 Å². The molecular formula is C17H21NO. The highest BCUT2D eigenvalue weighted by Gasteiger charge is 2.12. The van der Waals surface area contributed by atoms with Gasteiger partial charge >= 0.3 is 0 Å². The second kappa shape index (κ2) is 6.95. The molecule has 19 heavy (non-hydrogen) atoms. The summed E-state index contributed by atoms with van der Waals surface area (Å²) >= 11 is 0. The molecule has 2 nitrogen and oxygen atoms in total. The molecule has 0 aliphatic carbocycles. The SMILES string of the molecule is CCCc1ccccc1O[C@H](CN)c1ccccc1. The first-order chi connectivity index (χ1) is 9.35. The second-order valence-electron chi connectivity index (χ2n) is 4.61. The first-order valence-electron chi connectivity index (χ1n) is 6.84. The van der Waals surface area contributed by atoms with Gasteiger partial charge in [-0.25, -0.2) is 0 Å². The van der Waals surface area contributed by atoms with Gasteiger partial charge in [-0.3, -0.25) is 0 Å². The monoisotopic (exact) mass is 255 g/mol. The predicted molar refractivity (Wildman–Crippen MR) is 79.3 cm³/mol. The lowest BCUT2D eigenvalue weighted by Crippen LogP contribution is -2.18. The topological polar surface area (TPSA) is 35.2 Å². The van der Waals surface area contributed by atoms with Crippen LogP contribution in [0.4, 0.5) is 0 Å². The molecule has 0 radical (unpaired) electrons. The van der Waals surface area contributed by atoms with Crippen molar-refractivity contribution in [2.24, 2.45) is 5.73 Å². The van der Waals surface area contributed by atoms with Crippen LogP contribution in [0.5, 0.6) is 5.75 Å². The molecule has 0 unspecified atom stereocenters. The molecule has 1 atom stereocenters. The molecule has 0 fully saturated rings. The van der Waals surface area contributed by atoms with E-state index < -0.39 is 0 Å². The van der Waals surface area contributed by atoms with E-state index in [2.05, 4.69) is 31.2 Å². The molecule has 0 aromatic heterocycles. The van der Waals surface area contributed by atoms with Gasteiger partial charge in [-0.1, -0.05) is 61.9 Å². The van der Waals surface area contributed by atoms with Gasteiger partial charge in [-0.15, -0.1) is 0 Å². The van der Waals surface area contributed by atoms with E-state index in [0.29, 0.717) is 6.54 Å². The summed E-state index contributed by atoms with van der Waals surface area (Å²) in [6.07, 6.45) is 2.06. The van der Waals surface area contributed by atoms with Crippen molar-refractivity contribution in [3.05, 3.63) is 65.7 Å². The van der Waals surface area contributed by atoms with Gasteiger partial charge in [-0.05, 0) is 23.6 Å². The quantitative estimate of drug-likeness (QED) is 0.854. The van der Waals surface area contributed by atoms with Crippen LogP contribution in [0.25, 0.3) is 0 Å². The summed E-state index contributed by atoms with van der Waals surface area (Å²) in [6.45, 7) is 2.65. The van der Waals surface area contributed by atoms with Crippen molar-refractivity contribution in [1.29, 1.82) is 0 Å². The third-order valence-electron chi connectivity index (χ3n) is 3.15. The number of rotatable bonds is 6. The second-order valence-corrected chi connectivity index (χ2v) is 4.61. The summed E-state index contributed by atoms with van der Waals surface area (Å²) in [6, 6.07) is 18.3. The lowest BCUT2D eigenvalue weighted by molar-refractivity contribution is 0.212. The van der Waals surface area contributed by atoms with Crippen LogP contribution in [0.3, 0.4) is 0 Å². The van der Waals surface area contributed by atoms with Crippen molar-refractivity contribution in [3.8, 4) is 5.75 Å². The number of hydrogen-bond acceptors (Lipinski definition) is 2. The molecule has 0 saturated heterocycles. The zero-order valence-electron chi connectivity index (χ0n) is 11.4. The average molecular weight is 255 g/mol. The van der Waals surface area contributed by atoms with E-state index >= 15 is 0 Å². The van der Waals surface area contributed by atoms with Crippen LogP contribution in [0, 0.1) is 0 Å². The number of benzene rings is 2. The van der Waals surface area contributed by atoms with Crippen LogP contribution in [-0.2, 0) is 6.42 Å². The molecule has 100 valence electrons. The fourth-order valence-corrected chi connectivity index (χ4v) is 2.17. The molecule has 2 rings (SSSR count). The van der Waals surface area contributed by atoms with Gasteiger partial charge in [-0.2, -0.15) is 0 Å². The molecule has 0 amide bonds. The Morgan fingerprint density at radius 1 is 1.00 bits per heavy atom. The summed E-state index contributed by atoms with van der Waals surface area (Å²) in [5.74, 6) is 0.948. The van der Waals surface area contributed by atoms with Crippen molar-refractivity contribution >= 4 is 0 Å². The maximum Gasteiger partial charge on any atom is 0.136 e. The zero-order valence-corrected chi connectivity index (χ0v) is 11.4. The Morgan fingerprint density at radius 2 is 1.68 bits per heavy atom. The molecule has 0 aliphatic heterocycles. The molecule has 0 aliphatic rings. The molecule has 2 heteroatoms. The summed E-state index contributed by atoms with van der Waals surface area (Å²) in [5, 5.41) is 0. The normalized spacial score (nSPS) is 12.1. The van der Waals surface area contributed by atoms with E-state index in [0.717, 1.165) is 24.2 Å². The van der Waals surface area contributed by atoms with Crippen LogP contribution in [-0.4, -0.2) is 6.54 Å². The minimum atomic E-state index is -0.0841. The van der Waals surface area contributed by atoms with Gasteiger partial charge in [0.25, 0.3) is 0 Å². The van der Waals surface area contributed by atoms with E-state index in [1.54, 1.807) is 0 Å². The molecule has 2 aromatic rings. The molecule has 0 heterocycles. The number of hydrogen-bond donors (Lipinski definition) is 1. The lowest BCUT2D eigenvalue weighted by Gasteiger charge is -2.20. The standard InChI is InChI=1S/C17H21NO/c1-2-8-14-11-6-7-12-16(14)19-17(13-18)15-9-4-3-5-10-15/h3-7,9-12,17H,2,8,13,18H2,1H3/t17-/m1/s1. The van der Waals surface area contributed by atoms with Crippen molar-refractivity contribution in [2.45, 2.75) is 25.9 Å². The Hall–Kier alpha value is -1.80. The Kier molecular flexibility index (Phi) is 4.99. The third kappa shape index (κ3) is 3.58. The number of ether oxygens (including phenoxy) is 1. The fraction of sp³-hybridized carbons (Fsp3) is 0.294. The molecule has 0 bridgehead atoms. The minimum absolute atomic E-state index is 0.0841. The van der Waals surface area contributed by atoms with Gasteiger partial charge in [0.15, 0.2) is 0 Å². The van der Waals surface area contributed by atoms with Gasteiger partial charge in [0, 0.05) is 6.54 Å². The van der Waals surface area contributed by atoms with Crippen LogP contribution in [0.15, 0.2) is 54.6 Å². The minimum Gasteiger partial charge on any atom is -0.484 e. The van der Waals surface area contributed by atoms with Crippen LogP contribution < -0.4 is 10.5 Å². The van der Waals surface area contributed by atoms with Gasteiger partial charge in [0.2, 0.25) is 0 Å². The smallest absolute Gasteiger partial charge is 0.136 e. The third-order valence-corrected chi connectivity index (χ3v) is 3.15. The van der Waals surface area contributed by atoms with E-state index in [1.807, 2.05) is 30.3 Å². The van der Waals surface area contributed by atoms with Crippen molar-refractivity contribution < 1.29 is 4.74 Å². The predicted octanol–water partition coefficient (Wildman–Crippen LogP) is 3.72. The highest BCUT2D eigenvalue weighted by molar-refractivity contribution is 5.34. The number of nitrogens with two attached hydrogens (primary N) is 1. The van der Waals surface area contributed by atoms with Crippen LogP contribution in [0.2, 0.25) is 0 Å². The Morgan fingerprint density at radius 3 is 2.37 bits per heavy atom. The van der Waals surface area contributed by atoms with Crippen molar-refractivity contribution in [1.82, 2.24) is 0 Å². The van der Waals surface area contributed by atoms with Crippen molar-refractivity contribution in [3.63, 3.8) is 0 Å². The molecule has 2 N–H and O–H groups in total. The largest absolute Gasteiger partial charge is 0.484 e. The summed E-state index contributed by atoms with van der Waals surface area (Å²) in [5.41, 5.74) is 8.22. The number of para-hydroxylation sites is 1. The summed E-state index contributed by atoms with van der Waals surface area (Å²) < 4.78 is 6.11. The van der Waals surface area contributed by atoms with Crippen LogP contribution >= 0.6 is 0 Å². The maximum atomic E-state index is 6.11. The zero-order chi connectivity index (χ0) is 13.5. The van der Waals surface area contributed by atoms with Gasteiger partial charge in [0.1, 0.15) is 11.9 Å². The molecule has 0 saturated carbocycles. The Bertz CT molecular complexity index is 496. The first kappa shape index (κ1) is 13.6. The fourth-order valence-electron chi connectivity index (χ4n) is 2.17. The summed E-state index contributed by atoms with van der Waals surface area (Å²) in [4.78, 5) is 0.